The molecular weight excluding hydrogens is 326 g/mol. The zero-order valence-corrected chi connectivity index (χ0v) is 15.7. The monoisotopic (exact) mass is 351 g/mol. The lowest BCUT2D eigenvalue weighted by Gasteiger charge is -2.44. The number of carbonyl (C=O) groups excluding carboxylic acids is 1. The SMILES string of the molecule is COc1ccc(/C=N\NC(=O)[C@]2(C)NC(C)(C)Cc3ccccc32)cc1. The summed E-state index contributed by atoms with van der Waals surface area (Å²) in [4.78, 5) is 13.0. The van der Waals surface area contributed by atoms with Crippen molar-refractivity contribution in [2.75, 3.05) is 7.11 Å². The normalized spacial score (nSPS) is 21.2. The Hall–Kier alpha value is -2.66. The third-order valence-electron chi connectivity index (χ3n) is 4.73. The largest absolute Gasteiger partial charge is 0.497 e. The van der Waals surface area contributed by atoms with Crippen molar-refractivity contribution in [3.05, 3.63) is 65.2 Å². The minimum atomic E-state index is -0.838. The maximum atomic E-state index is 13.0. The number of hydrogen-bond donors (Lipinski definition) is 2. The van der Waals surface area contributed by atoms with Gasteiger partial charge in [0.2, 0.25) is 0 Å². The maximum absolute atomic E-state index is 13.0. The van der Waals surface area contributed by atoms with Crippen LogP contribution in [0.3, 0.4) is 0 Å². The van der Waals surface area contributed by atoms with Gasteiger partial charge >= 0.3 is 0 Å². The van der Waals surface area contributed by atoms with E-state index in [0.29, 0.717) is 0 Å². The van der Waals surface area contributed by atoms with Gasteiger partial charge in [0.05, 0.1) is 13.3 Å². The molecule has 136 valence electrons. The molecule has 5 nitrogen and oxygen atoms in total. The first-order valence-electron chi connectivity index (χ1n) is 8.69. The van der Waals surface area contributed by atoms with Crippen LogP contribution in [0, 0.1) is 0 Å². The number of carbonyl (C=O) groups is 1. The highest BCUT2D eigenvalue weighted by atomic mass is 16.5. The van der Waals surface area contributed by atoms with Gasteiger partial charge in [-0.25, -0.2) is 5.43 Å². The Morgan fingerprint density at radius 2 is 1.85 bits per heavy atom. The summed E-state index contributed by atoms with van der Waals surface area (Å²) < 4.78 is 5.13. The number of nitrogens with zero attached hydrogens (tertiary/aromatic N) is 1. The second-order valence-corrected chi connectivity index (χ2v) is 7.44. The highest BCUT2D eigenvalue weighted by Crippen LogP contribution is 2.34. The Balaban J connectivity index is 1.79. The van der Waals surface area contributed by atoms with Gasteiger partial charge in [-0.05, 0) is 68.1 Å². The van der Waals surface area contributed by atoms with Gasteiger partial charge < -0.3 is 4.74 Å². The summed E-state index contributed by atoms with van der Waals surface area (Å²) in [5.41, 5.74) is 4.73. The topological polar surface area (TPSA) is 62.7 Å². The molecule has 1 aliphatic heterocycles. The van der Waals surface area contributed by atoms with Crippen molar-refractivity contribution in [2.45, 2.75) is 38.3 Å². The quantitative estimate of drug-likeness (QED) is 0.657. The zero-order chi connectivity index (χ0) is 18.8. The fraction of sp³-hybridized carbons (Fsp3) is 0.333. The lowest BCUT2D eigenvalue weighted by Crippen LogP contribution is -2.62. The van der Waals surface area contributed by atoms with Crippen molar-refractivity contribution < 1.29 is 9.53 Å². The number of methoxy groups -OCH3 is 1. The molecule has 0 saturated heterocycles. The molecule has 2 aromatic rings. The van der Waals surface area contributed by atoms with Crippen LogP contribution in [0.1, 0.15) is 37.5 Å². The van der Waals surface area contributed by atoms with Crippen LogP contribution in [0.25, 0.3) is 0 Å². The highest BCUT2D eigenvalue weighted by molar-refractivity contribution is 5.89. The average Bonchev–Trinajstić information content (AvgIpc) is 2.61. The molecule has 0 unspecified atom stereocenters. The van der Waals surface area contributed by atoms with E-state index in [1.807, 2.05) is 49.4 Å². The molecule has 0 aliphatic carbocycles. The minimum absolute atomic E-state index is 0.178. The summed E-state index contributed by atoms with van der Waals surface area (Å²) in [6.07, 6.45) is 2.50. The Morgan fingerprint density at radius 1 is 1.15 bits per heavy atom. The lowest BCUT2D eigenvalue weighted by atomic mass is 9.76. The summed E-state index contributed by atoms with van der Waals surface area (Å²) in [5.74, 6) is 0.603. The van der Waals surface area contributed by atoms with Crippen LogP contribution in [-0.2, 0) is 16.8 Å². The van der Waals surface area contributed by atoms with Crippen LogP contribution in [0.4, 0.5) is 0 Å². The zero-order valence-electron chi connectivity index (χ0n) is 15.7. The van der Waals surface area contributed by atoms with E-state index in [0.717, 1.165) is 23.3 Å². The molecule has 0 radical (unpaired) electrons. The Bertz CT molecular complexity index is 827. The van der Waals surface area contributed by atoms with Crippen LogP contribution in [0.15, 0.2) is 53.6 Å². The number of hydrogen-bond acceptors (Lipinski definition) is 4. The lowest BCUT2D eigenvalue weighted by molar-refractivity contribution is -0.128. The summed E-state index contributed by atoms with van der Waals surface area (Å²) in [5, 5.41) is 7.62. The van der Waals surface area contributed by atoms with E-state index in [1.54, 1.807) is 13.3 Å². The predicted molar refractivity (Wildman–Crippen MR) is 103 cm³/mol. The number of fused-ring (bicyclic) bond motifs is 1. The van der Waals surface area contributed by atoms with Gasteiger partial charge in [-0.3, -0.25) is 10.1 Å². The van der Waals surface area contributed by atoms with Gasteiger partial charge in [-0.2, -0.15) is 5.10 Å². The molecule has 1 atom stereocenters. The highest BCUT2D eigenvalue weighted by Gasteiger charge is 2.44. The molecule has 0 fully saturated rings. The minimum Gasteiger partial charge on any atom is -0.497 e. The summed E-state index contributed by atoms with van der Waals surface area (Å²) >= 11 is 0. The molecule has 0 saturated carbocycles. The standard InChI is InChI=1S/C21H25N3O2/c1-20(2)13-16-7-5-6-8-18(16)21(3,24-20)19(25)23-22-14-15-9-11-17(26-4)12-10-15/h5-12,14,24H,13H2,1-4H3,(H,23,25)/b22-14-/t21-/m1/s1. The third-order valence-corrected chi connectivity index (χ3v) is 4.73. The first-order chi connectivity index (χ1) is 12.3. The molecule has 5 heteroatoms. The Morgan fingerprint density at radius 3 is 2.54 bits per heavy atom. The molecule has 0 bridgehead atoms. The molecule has 26 heavy (non-hydrogen) atoms. The van der Waals surface area contributed by atoms with Crippen LogP contribution >= 0.6 is 0 Å². The molecule has 1 aliphatic rings. The Labute approximate surface area is 154 Å². The van der Waals surface area contributed by atoms with Crippen LogP contribution in [0.2, 0.25) is 0 Å². The first-order valence-corrected chi connectivity index (χ1v) is 8.69. The van der Waals surface area contributed by atoms with E-state index in [4.69, 9.17) is 4.74 Å². The number of amides is 1. The van der Waals surface area contributed by atoms with Gasteiger partial charge in [0.25, 0.3) is 5.91 Å². The molecular formula is C21H25N3O2. The smallest absolute Gasteiger partial charge is 0.264 e. The van der Waals surface area contributed by atoms with Crippen molar-refractivity contribution in [3.63, 3.8) is 0 Å². The van der Waals surface area contributed by atoms with Crippen LogP contribution in [-0.4, -0.2) is 24.8 Å². The van der Waals surface area contributed by atoms with E-state index >= 15 is 0 Å². The van der Waals surface area contributed by atoms with E-state index < -0.39 is 5.54 Å². The first kappa shape index (κ1) is 18.1. The molecule has 3 rings (SSSR count). The number of hydrazone groups is 1. The average molecular weight is 351 g/mol. The van der Waals surface area contributed by atoms with E-state index in [-0.39, 0.29) is 11.4 Å². The van der Waals surface area contributed by atoms with Crippen LogP contribution in [0.5, 0.6) is 5.75 Å². The van der Waals surface area contributed by atoms with Gasteiger partial charge in [0.15, 0.2) is 0 Å². The summed E-state index contributed by atoms with van der Waals surface area (Å²) in [7, 11) is 1.63. The number of benzene rings is 2. The van der Waals surface area contributed by atoms with Gasteiger partial charge in [0.1, 0.15) is 11.3 Å². The molecule has 0 spiro atoms. The number of nitrogens with one attached hydrogen (secondary N) is 2. The van der Waals surface area contributed by atoms with Gasteiger partial charge in [-0.1, -0.05) is 24.3 Å². The third kappa shape index (κ3) is 3.63. The van der Waals surface area contributed by atoms with Crippen LogP contribution < -0.4 is 15.5 Å². The van der Waals surface area contributed by atoms with Gasteiger partial charge in [-0.15, -0.1) is 0 Å². The molecule has 1 amide bonds. The summed E-state index contributed by atoms with van der Waals surface area (Å²) in [6.45, 7) is 6.12. The fourth-order valence-corrected chi connectivity index (χ4v) is 3.57. The molecule has 0 aromatic heterocycles. The Kier molecular flexibility index (Phi) is 4.83. The number of rotatable bonds is 4. The second-order valence-electron chi connectivity index (χ2n) is 7.44. The summed E-state index contributed by atoms with van der Waals surface area (Å²) in [6, 6.07) is 15.5. The fourth-order valence-electron chi connectivity index (χ4n) is 3.57. The molecule has 2 N–H and O–H groups in total. The van der Waals surface area contributed by atoms with Crippen molar-refractivity contribution >= 4 is 12.1 Å². The van der Waals surface area contributed by atoms with Crippen molar-refractivity contribution in [2.24, 2.45) is 5.10 Å². The van der Waals surface area contributed by atoms with E-state index in [2.05, 4.69) is 35.8 Å². The molecule has 1 heterocycles. The second kappa shape index (κ2) is 6.92. The number of ether oxygens (including phenoxy) is 1. The van der Waals surface area contributed by atoms with Crippen molar-refractivity contribution in [1.29, 1.82) is 0 Å². The van der Waals surface area contributed by atoms with Crippen molar-refractivity contribution in [3.8, 4) is 5.75 Å². The molecule has 2 aromatic carbocycles. The van der Waals surface area contributed by atoms with Crippen molar-refractivity contribution in [1.82, 2.24) is 10.7 Å². The van der Waals surface area contributed by atoms with E-state index in [9.17, 15) is 4.79 Å². The predicted octanol–water partition coefficient (Wildman–Crippen LogP) is 2.99. The van der Waals surface area contributed by atoms with Gasteiger partial charge in [0, 0.05) is 5.54 Å². The van der Waals surface area contributed by atoms with E-state index in [1.165, 1.54) is 5.56 Å². The maximum Gasteiger partial charge on any atom is 0.264 e.